The van der Waals surface area contributed by atoms with Gasteiger partial charge in [0.2, 0.25) is 0 Å². The molecule has 3 rings (SSSR count). The van der Waals surface area contributed by atoms with Crippen molar-refractivity contribution in [3.05, 3.63) is 24.3 Å². The van der Waals surface area contributed by atoms with Crippen LogP contribution in [0.25, 0.3) is 0 Å². The van der Waals surface area contributed by atoms with Gasteiger partial charge in [-0.1, -0.05) is 25.7 Å². The summed E-state index contributed by atoms with van der Waals surface area (Å²) in [6.07, 6.45) is 10.8. The van der Waals surface area contributed by atoms with Gasteiger partial charge in [0.15, 0.2) is 9.84 Å². The highest BCUT2D eigenvalue weighted by Crippen LogP contribution is 2.41. The Morgan fingerprint density at radius 2 is 1.62 bits per heavy atom. The number of rotatable bonds is 3. The minimum atomic E-state index is -3.10. The Kier molecular flexibility index (Phi) is 4.25. The quantitative estimate of drug-likeness (QED) is 0.922. The van der Waals surface area contributed by atoms with Crippen LogP contribution in [-0.4, -0.2) is 20.7 Å². The molecule has 3 unspecified atom stereocenters. The third-order valence-electron chi connectivity index (χ3n) is 5.19. The lowest BCUT2D eigenvalue weighted by Gasteiger charge is -2.39. The van der Waals surface area contributed by atoms with E-state index in [1.54, 1.807) is 12.1 Å². The Balaban J connectivity index is 1.62. The Hall–Kier alpha value is -1.03. The van der Waals surface area contributed by atoms with Crippen LogP contribution >= 0.6 is 0 Å². The Morgan fingerprint density at radius 3 is 2.29 bits per heavy atom. The molecule has 0 spiro atoms. The van der Waals surface area contributed by atoms with Crippen molar-refractivity contribution >= 4 is 15.5 Å². The van der Waals surface area contributed by atoms with Crippen molar-refractivity contribution in [2.24, 2.45) is 11.8 Å². The van der Waals surface area contributed by atoms with Crippen LogP contribution in [0, 0.1) is 11.8 Å². The molecule has 0 aliphatic heterocycles. The molecular formula is C17H25NO2S. The van der Waals surface area contributed by atoms with Gasteiger partial charge in [-0.2, -0.15) is 0 Å². The molecular weight excluding hydrogens is 282 g/mol. The van der Waals surface area contributed by atoms with Gasteiger partial charge in [-0.3, -0.25) is 0 Å². The van der Waals surface area contributed by atoms with E-state index in [-0.39, 0.29) is 0 Å². The van der Waals surface area contributed by atoms with E-state index in [1.165, 1.54) is 51.2 Å². The maximum absolute atomic E-state index is 11.5. The van der Waals surface area contributed by atoms with Crippen LogP contribution in [0.5, 0.6) is 0 Å². The van der Waals surface area contributed by atoms with Crippen molar-refractivity contribution in [2.75, 3.05) is 11.6 Å². The molecule has 2 aliphatic rings. The van der Waals surface area contributed by atoms with Crippen molar-refractivity contribution in [3.63, 3.8) is 0 Å². The normalized spacial score (nSPS) is 29.7. The molecule has 0 aromatic heterocycles. The van der Waals surface area contributed by atoms with Crippen molar-refractivity contribution in [1.82, 2.24) is 0 Å². The van der Waals surface area contributed by atoms with Gasteiger partial charge in [-0.25, -0.2) is 8.42 Å². The number of benzene rings is 1. The molecule has 1 aromatic carbocycles. The summed E-state index contributed by atoms with van der Waals surface area (Å²) in [7, 11) is -3.10. The van der Waals surface area contributed by atoms with E-state index in [0.29, 0.717) is 10.9 Å². The molecule has 0 amide bonds. The number of fused-ring (bicyclic) bond motifs is 1. The topological polar surface area (TPSA) is 46.2 Å². The fraction of sp³-hybridized carbons (Fsp3) is 0.647. The van der Waals surface area contributed by atoms with Gasteiger partial charge >= 0.3 is 0 Å². The van der Waals surface area contributed by atoms with Gasteiger partial charge in [-0.05, 0) is 55.4 Å². The monoisotopic (exact) mass is 307 g/mol. The number of nitrogens with one attached hydrogen (secondary N) is 1. The fourth-order valence-electron chi connectivity index (χ4n) is 4.04. The summed E-state index contributed by atoms with van der Waals surface area (Å²) in [4.78, 5) is 0.393. The zero-order valence-electron chi connectivity index (χ0n) is 12.7. The molecule has 1 N–H and O–H groups in total. The molecule has 0 saturated heterocycles. The summed E-state index contributed by atoms with van der Waals surface area (Å²) in [5.74, 6) is 1.87. The molecule has 2 fully saturated rings. The highest BCUT2D eigenvalue weighted by Gasteiger charge is 2.31. The average molecular weight is 307 g/mol. The second-order valence-electron chi connectivity index (χ2n) is 6.76. The lowest BCUT2D eigenvalue weighted by molar-refractivity contribution is 0.162. The van der Waals surface area contributed by atoms with E-state index < -0.39 is 9.84 Å². The van der Waals surface area contributed by atoms with Crippen LogP contribution in [0.4, 0.5) is 5.69 Å². The van der Waals surface area contributed by atoms with Crippen LogP contribution in [0.15, 0.2) is 29.2 Å². The van der Waals surface area contributed by atoms with Gasteiger partial charge in [0.25, 0.3) is 0 Å². The summed E-state index contributed by atoms with van der Waals surface area (Å²) < 4.78 is 22.9. The predicted octanol–water partition coefficient (Wildman–Crippen LogP) is 3.86. The zero-order valence-corrected chi connectivity index (χ0v) is 13.5. The van der Waals surface area contributed by atoms with Crippen LogP contribution < -0.4 is 5.32 Å². The molecule has 0 radical (unpaired) electrons. The van der Waals surface area contributed by atoms with Gasteiger partial charge in [0.1, 0.15) is 0 Å². The fourth-order valence-corrected chi connectivity index (χ4v) is 4.67. The summed E-state index contributed by atoms with van der Waals surface area (Å²) >= 11 is 0. The minimum Gasteiger partial charge on any atom is -0.382 e. The molecule has 0 bridgehead atoms. The van der Waals surface area contributed by atoms with Crippen LogP contribution in [0.1, 0.15) is 44.9 Å². The highest BCUT2D eigenvalue weighted by atomic mass is 32.2. The molecule has 21 heavy (non-hydrogen) atoms. The predicted molar refractivity (Wildman–Crippen MR) is 86.3 cm³/mol. The van der Waals surface area contributed by atoms with Crippen molar-refractivity contribution in [2.45, 2.75) is 55.9 Å². The summed E-state index contributed by atoms with van der Waals surface area (Å²) in [5, 5.41) is 3.60. The van der Waals surface area contributed by atoms with E-state index in [0.717, 1.165) is 17.5 Å². The van der Waals surface area contributed by atoms with Gasteiger partial charge in [0.05, 0.1) is 4.90 Å². The average Bonchev–Trinajstić information content (AvgIpc) is 2.47. The standard InChI is InChI=1S/C17H25NO2S/c1-21(19,20)17-10-8-15(9-11-17)18-16-7-6-13-4-2-3-5-14(13)12-16/h8-11,13-14,16,18H,2-7,12H2,1H3. The van der Waals surface area contributed by atoms with Crippen LogP contribution in [0.2, 0.25) is 0 Å². The molecule has 2 aliphatic carbocycles. The second kappa shape index (κ2) is 5.99. The molecule has 3 nitrogen and oxygen atoms in total. The number of anilines is 1. The number of hydrogen-bond acceptors (Lipinski definition) is 3. The van der Waals surface area contributed by atoms with E-state index in [9.17, 15) is 8.42 Å². The van der Waals surface area contributed by atoms with E-state index in [2.05, 4.69) is 5.32 Å². The van der Waals surface area contributed by atoms with E-state index in [4.69, 9.17) is 0 Å². The maximum atomic E-state index is 11.5. The number of sulfone groups is 1. The van der Waals surface area contributed by atoms with E-state index >= 15 is 0 Å². The van der Waals surface area contributed by atoms with E-state index in [1.807, 2.05) is 12.1 Å². The first kappa shape index (κ1) is 14.9. The molecule has 116 valence electrons. The SMILES string of the molecule is CS(=O)(=O)c1ccc(NC2CCC3CCCCC3C2)cc1. The van der Waals surface area contributed by atoms with Crippen molar-refractivity contribution < 1.29 is 8.42 Å². The molecule has 0 heterocycles. The lowest BCUT2D eigenvalue weighted by Crippen LogP contribution is -2.34. The van der Waals surface area contributed by atoms with Crippen molar-refractivity contribution in [3.8, 4) is 0 Å². The Labute approximate surface area is 128 Å². The summed E-state index contributed by atoms with van der Waals surface area (Å²) in [6.45, 7) is 0. The minimum absolute atomic E-state index is 0.393. The molecule has 1 aromatic rings. The second-order valence-corrected chi connectivity index (χ2v) is 8.77. The smallest absolute Gasteiger partial charge is 0.175 e. The van der Waals surface area contributed by atoms with Crippen LogP contribution in [0.3, 0.4) is 0 Å². The highest BCUT2D eigenvalue weighted by molar-refractivity contribution is 7.90. The molecule has 3 atom stereocenters. The lowest BCUT2D eigenvalue weighted by atomic mass is 9.69. The summed E-state index contributed by atoms with van der Waals surface area (Å²) in [5.41, 5.74) is 1.04. The first-order chi connectivity index (χ1) is 10.0. The maximum Gasteiger partial charge on any atom is 0.175 e. The molecule has 4 heteroatoms. The van der Waals surface area contributed by atoms with Gasteiger partial charge < -0.3 is 5.32 Å². The third-order valence-corrected chi connectivity index (χ3v) is 6.32. The first-order valence-corrected chi connectivity index (χ1v) is 9.98. The zero-order chi connectivity index (χ0) is 14.9. The van der Waals surface area contributed by atoms with Crippen LogP contribution in [-0.2, 0) is 9.84 Å². The Morgan fingerprint density at radius 1 is 0.952 bits per heavy atom. The van der Waals surface area contributed by atoms with Crippen molar-refractivity contribution in [1.29, 1.82) is 0 Å². The largest absolute Gasteiger partial charge is 0.382 e. The first-order valence-electron chi connectivity index (χ1n) is 8.09. The molecule has 2 saturated carbocycles. The third kappa shape index (κ3) is 3.60. The summed E-state index contributed by atoms with van der Waals surface area (Å²) in [6, 6.07) is 7.73. The Bertz CT molecular complexity index is 579. The van der Waals surface area contributed by atoms with Gasteiger partial charge in [-0.15, -0.1) is 0 Å². The van der Waals surface area contributed by atoms with Gasteiger partial charge in [0, 0.05) is 18.0 Å². The number of hydrogen-bond donors (Lipinski definition) is 1.